The van der Waals surface area contributed by atoms with Crippen LogP contribution in [0.1, 0.15) is 20.3 Å². The van der Waals surface area contributed by atoms with Gasteiger partial charge in [-0.15, -0.1) is 0 Å². The minimum absolute atomic E-state index is 0.0737. The summed E-state index contributed by atoms with van der Waals surface area (Å²) in [6.45, 7) is 3.22. The molecule has 0 saturated carbocycles. The van der Waals surface area contributed by atoms with Gasteiger partial charge in [0.25, 0.3) is 0 Å². The number of carbonyl (C=O) groups is 2. The van der Waals surface area contributed by atoms with Gasteiger partial charge in [0.2, 0.25) is 0 Å². The molecular weight excluding hydrogens is 104 g/mol. The monoisotopic (exact) mass is 114 g/mol. The van der Waals surface area contributed by atoms with Crippen LogP contribution in [0.25, 0.3) is 0 Å². The van der Waals surface area contributed by atoms with Crippen molar-refractivity contribution in [2.24, 2.45) is 5.92 Å². The van der Waals surface area contributed by atoms with Gasteiger partial charge in [-0.1, -0.05) is 6.92 Å². The Morgan fingerprint density at radius 2 is 2.25 bits per heavy atom. The van der Waals surface area contributed by atoms with Crippen molar-refractivity contribution in [3.63, 3.8) is 0 Å². The summed E-state index contributed by atoms with van der Waals surface area (Å²) >= 11 is 0. The zero-order chi connectivity index (χ0) is 6.57. The first-order valence-corrected chi connectivity index (χ1v) is 2.61. The van der Waals surface area contributed by atoms with Gasteiger partial charge in [-0.25, -0.2) is 0 Å². The molecule has 0 aliphatic heterocycles. The Bertz CT molecular complexity index is 96.7. The summed E-state index contributed by atoms with van der Waals surface area (Å²) in [7, 11) is 0. The molecule has 1 atom stereocenters. The standard InChI is InChI=1S/C6H10O2/c1-5(4-7)3-6(2)8/h4-5H,3H2,1-2H3/t5-/m1/s1. The molecule has 0 radical (unpaired) electrons. The zero-order valence-electron chi connectivity index (χ0n) is 5.18. The molecule has 0 N–H and O–H groups in total. The van der Waals surface area contributed by atoms with E-state index in [4.69, 9.17) is 0 Å². The van der Waals surface area contributed by atoms with E-state index in [9.17, 15) is 9.59 Å². The van der Waals surface area contributed by atoms with Crippen LogP contribution in [0.15, 0.2) is 0 Å². The van der Waals surface area contributed by atoms with E-state index in [-0.39, 0.29) is 11.7 Å². The molecule has 0 rings (SSSR count). The van der Waals surface area contributed by atoms with E-state index in [1.807, 2.05) is 0 Å². The lowest BCUT2D eigenvalue weighted by Crippen LogP contribution is -2.01. The molecule has 0 aliphatic carbocycles. The predicted molar refractivity (Wildman–Crippen MR) is 30.5 cm³/mol. The highest BCUT2D eigenvalue weighted by molar-refractivity contribution is 5.78. The van der Waals surface area contributed by atoms with Crippen LogP contribution in [0.3, 0.4) is 0 Å². The molecule has 2 nitrogen and oxygen atoms in total. The highest BCUT2D eigenvalue weighted by atomic mass is 16.1. The summed E-state index contributed by atoms with van der Waals surface area (Å²) in [6.07, 6.45) is 1.17. The maximum Gasteiger partial charge on any atom is 0.130 e. The van der Waals surface area contributed by atoms with Gasteiger partial charge in [0, 0.05) is 12.3 Å². The number of aldehydes is 1. The van der Waals surface area contributed by atoms with Gasteiger partial charge in [-0.05, 0) is 6.92 Å². The summed E-state index contributed by atoms with van der Waals surface area (Å²) in [4.78, 5) is 20.1. The van der Waals surface area contributed by atoms with Crippen molar-refractivity contribution in [2.45, 2.75) is 20.3 Å². The summed E-state index contributed by atoms with van der Waals surface area (Å²) in [5.74, 6) is -0.0305. The Morgan fingerprint density at radius 3 is 2.38 bits per heavy atom. The van der Waals surface area contributed by atoms with Crippen molar-refractivity contribution in [3.8, 4) is 0 Å². The molecular formula is C6H10O2. The van der Waals surface area contributed by atoms with Crippen LogP contribution in [-0.2, 0) is 9.59 Å². The van der Waals surface area contributed by atoms with Crippen molar-refractivity contribution < 1.29 is 9.59 Å². The second kappa shape index (κ2) is 3.36. The highest BCUT2D eigenvalue weighted by Gasteiger charge is 2.00. The number of hydrogen-bond donors (Lipinski definition) is 0. The van der Waals surface area contributed by atoms with Crippen LogP contribution in [0.5, 0.6) is 0 Å². The first kappa shape index (κ1) is 7.34. The van der Waals surface area contributed by atoms with Crippen LogP contribution >= 0.6 is 0 Å². The Kier molecular flexibility index (Phi) is 3.08. The summed E-state index contributed by atoms with van der Waals surface area (Å²) < 4.78 is 0. The van der Waals surface area contributed by atoms with Crippen molar-refractivity contribution in [3.05, 3.63) is 0 Å². The van der Waals surface area contributed by atoms with Gasteiger partial charge < -0.3 is 9.59 Å². The van der Waals surface area contributed by atoms with Crippen LogP contribution in [0.2, 0.25) is 0 Å². The maximum absolute atomic E-state index is 10.3. The van der Waals surface area contributed by atoms with E-state index in [0.717, 1.165) is 6.29 Å². The van der Waals surface area contributed by atoms with Crippen LogP contribution < -0.4 is 0 Å². The third-order valence-corrected chi connectivity index (χ3v) is 0.842. The largest absolute Gasteiger partial charge is 0.303 e. The molecule has 0 bridgehead atoms. The van der Waals surface area contributed by atoms with Crippen molar-refractivity contribution in [1.82, 2.24) is 0 Å². The Morgan fingerprint density at radius 1 is 1.75 bits per heavy atom. The molecule has 0 aromatic heterocycles. The topological polar surface area (TPSA) is 34.1 Å². The lowest BCUT2D eigenvalue weighted by Gasteiger charge is -1.94. The van der Waals surface area contributed by atoms with Crippen LogP contribution in [0, 0.1) is 5.92 Å². The van der Waals surface area contributed by atoms with Crippen molar-refractivity contribution in [2.75, 3.05) is 0 Å². The van der Waals surface area contributed by atoms with Crippen LogP contribution in [-0.4, -0.2) is 12.1 Å². The molecule has 0 saturated heterocycles. The second-order valence-corrected chi connectivity index (χ2v) is 2.02. The molecule has 0 aromatic rings. The first-order chi connectivity index (χ1) is 3.66. The van der Waals surface area contributed by atoms with Gasteiger partial charge in [0.05, 0.1) is 0 Å². The molecule has 0 heterocycles. The molecule has 8 heavy (non-hydrogen) atoms. The number of carbonyl (C=O) groups excluding carboxylic acids is 2. The number of ketones is 1. The Balaban J connectivity index is 3.38. The third-order valence-electron chi connectivity index (χ3n) is 0.842. The number of Topliss-reactive ketones (excluding diaryl/α,β-unsaturated/α-hetero) is 1. The van der Waals surface area contributed by atoms with E-state index in [1.54, 1.807) is 6.92 Å². The molecule has 0 unspecified atom stereocenters. The fourth-order valence-corrected chi connectivity index (χ4v) is 0.502. The Labute approximate surface area is 48.9 Å². The van der Waals surface area contributed by atoms with Crippen LogP contribution in [0.4, 0.5) is 0 Å². The molecule has 0 aromatic carbocycles. The summed E-state index contributed by atoms with van der Waals surface area (Å²) in [6, 6.07) is 0. The van der Waals surface area contributed by atoms with E-state index < -0.39 is 0 Å². The third kappa shape index (κ3) is 3.53. The average Bonchev–Trinajstić information content (AvgIpc) is 1.65. The first-order valence-electron chi connectivity index (χ1n) is 2.61. The fourth-order valence-electron chi connectivity index (χ4n) is 0.502. The van der Waals surface area contributed by atoms with Gasteiger partial charge in [-0.3, -0.25) is 0 Å². The van der Waals surface area contributed by atoms with Gasteiger partial charge in [-0.2, -0.15) is 0 Å². The van der Waals surface area contributed by atoms with Crippen molar-refractivity contribution in [1.29, 1.82) is 0 Å². The second-order valence-electron chi connectivity index (χ2n) is 2.02. The fraction of sp³-hybridized carbons (Fsp3) is 0.667. The number of rotatable bonds is 3. The molecule has 0 fully saturated rings. The number of hydrogen-bond acceptors (Lipinski definition) is 2. The minimum Gasteiger partial charge on any atom is -0.303 e. The lowest BCUT2D eigenvalue weighted by atomic mass is 10.1. The molecule has 0 aliphatic rings. The predicted octanol–water partition coefficient (Wildman–Crippen LogP) is 0.800. The normalized spacial score (nSPS) is 12.8. The zero-order valence-corrected chi connectivity index (χ0v) is 5.18. The minimum atomic E-state index is -0.104. The summed E-state index contributed by atoms with van der Waals surface area (Å²) in [5.41, 5.74) is 0. The van der Waals surface area contributed by atoms with Gasteiger partial charge >= 0.3 is 0 Å². The molecule has 2 heteroatoms. The Hall–Kier alpha value is -0.660. The highest BCUT2D eigenvalue weighted by Crippen LogP contribution is 1.96. The van der Waals surface area contributed by atoms with E-state index in [1.165, 1.54) is 6.92 Å². The summed E-state index contributed by atoms with van der Waals surface area (Å²) in [5, 5.41) is 0. The smallest absolute Gasteiger partial charge is 0.130 e. The molecule has 46 valence electrons. The molecule has 0 spiro atoms. The average molecular weight is 114 g/mol. The maximum atomic E-state index is 10.3. The SMILES string of the molecule is CC(=O)C[C@@H](C)C=O. The van der Waals surface area contributed by atoms with E-state index in [0.29, 0.717) is 6.42 Å². The van der Waals surface area contributed by atoms with Crippen molar-refractivity contribution >= 4 is 12.1 Å². The van der Waals surface area contributed by atoms with E-state index >= 15 is 0 Å². The quantitative estimate of drug-likeness (QED) is 0.508. The van der Waals surface area contributed by atoms with Gasteiger partial charge in [0.1, 0.15) is 12.1 Å². The van der Waals surface area contributed by atoms with Gasteiger partial charge in [0.15, 0.2) is 0 Å². The molecule has 0 amide bonds. The van der Waals surface area contributed by atoms with E-state index in [2.05, 4.69) is 0 Å². The lowest BCUT2D eigenvalue weighted by molar-refractivity contribution is -0.120.